The maximum atomic E-state index is 2.56. The van der Waals surface area contributed by atoms with Gasteiger partial charge in [-0.2, -0.15) is 0 Å². The minimum atomic E-state index is 1.10. The molecule has 0 aliphatic carbocycles. The van der Waals surface area contributed by atoms with Crippen molar-refractivity contribution in [2.24, 2.45) is 0 Å². The van der Waals surface area contributed by atoms with E-state index in [1.165, 1.54) is 43.2 Å². The van der Waals surface area contributed by atoms with Gasteiger partial charge in [-0.3, -0.25) is 4.90 Å². The van der Waals surface area contributed by atoms with Crippen molar-refractivity contribution in [2.45, 2.75) is 18.4 Å². The molecule has 1 saturated heterocycles. The fourth-order valence-corrected chi connectivity index (χ4v) is 2.66. The van der Waals surface area contributed by atoms with Gasteiger partial charge >= 0.3 is 0 Å². The van der Waals surface area contributed by atoms with Crippen LogP contribution in [0.1, 0.15) is 12.5 Å². The van der Waals surface area contributed by atoms with E-state index in [0.717, 1.165) is 6.54 Å². The molecule has 0 aromatic heterocycles. The van der Waals surface area contributed by atoms with Crippen molar-refractivity contribution in [1.29, 1.82) is 0 Å². The van der Waals surface area contributed by atoms with Crippen LogP contribution in [-0.2, 0) is 6.54 Å². The third-order valence-electron chi connectivity index (χ3n) is 3.48. The Kier molecular flexibility index (Phi) is 4.89. The standard InChI is InChI=1S/C14H22N2S/c1-3-15-8-10-16(11-9-15)12-13-4-6-14(17-2)7-5-13/h4-7H,3,8-12H2,1-2H3. The topological polar surface area (TPSA) is 6.48 Å². The van der Waals surface area contributed by atoms with E-state index >= 15 is 0 Å². The molecule has 0 amide bonds. The van der Waals surface area contributed by atoms with E-state index in [0.29, 0.717) is 0 Å². The summed E-state index contributed by atoms with van der Waals surface area (Å²) in [6.07, 6.45) is 2.12. The normalized spacial score (nSPS) is 18.5. The molecule has 0 unspecified atom stereocenters. The molecule has 0 saturated carbocycles. The molecule has 0 radical (unpaired) electrons. The quantitative estimate of drug-likeness (QED) is 0.758. The number of hydrogen-bond acceptors (Lipinski definition) is 3. The molecule has 0 atom stereocenters. The molecular formula is C14H22N2S. The average molecular weight is 250 g/mol. The molecule has 1 aliphatic heterocycles. The van der Waals surface area contributed by atoms with E-state index in [1.54, 1.807) is 11.8 Å². The van der Waals surface area contributed by atoms with Crippen LogP contribution >= 0.6 is 11.8 Å². The van der Waals surface area contributed by atoms with E-state index < -0.39 is 0 Å². The third-order valence-corrected chi connectivity index (χ3v) is 4.22. The monoisotopic (exact) mass is 250 g/mol. The molecule has 1 heterocycles. The van der Waals surface area contributed by atoms with Gasteiger partial charge in [-0.1, -0.05) is 19.1 Å². The Bertz CT molecular complexity index is 329. The molecule has 1 aliphatic rings. The minimum Gasteiger partial charge on any atom is -0.301 e. The van der Waals surface area contributed by atoms with Crippen LogP contribution in [0.25, 0.3) is 0 Å². The first-order valence-electron chi connectivity index (χ1n) is 6.39. The summed E-state index contributed by atoms with van der Waals surface area (Å²) in [7, 11) is 0. The lowest BCUT2D eigenvalue weighted by Gasteiger charge is -2.34. The summed E-state index contributed by atoms with van der Waals surface area (Å²) in [4.78, 5) is 6.43. The number of likely N-dealkylation sites (N-methyl/N-ethyl adjacent to an activating group) is 1. The lowest BCUT2D eigenvalue weighted by molar-refractivity contribution is 0.132. The summed E-state index contributed by atoms with van der Waals surface area (Å²) in [6.45, 7) is 9.40. The molecule has 1 aromatic carbocycles. The van der Waals surface area contributed by atoms with Gasteiger partial charge in [0.2, 0.25) is 0 Å². The number of nitrogens with zero attached hydrogens (tertiary/aromatic N) is 2. The van der Waals surface area contributed by atoms with Crippen molar-refractivity contribution < 1.29 is 0 Å². The lowest BCUT2D eigenvalue weighted by Crippen LogP contribution is -2.45. The highest BCUT2D eigenvalue weighted by atomic mass is 32.2. The van der Waals surface area contributed by atoms with Crippen LogP contribution in [0.5, 0.6) is 0 Å². The summed E-state index contributed by atoms with van der Waals surface area (Å²) in [6, 6.07) is 8.97. The maximum absolute atomic E-state index is 2.56. The van der Waals surface area contributed by atoms with Crippen molar-refractivity contribution in [1.82, 2.24) is 9.80 Å². The molecule has 94 valence electrons. The van der Waals surface area contributed by atoms with Gasteiger partial charge in [0.25, 0.3) is 0 Å². The van der Waals surface area contributed by atoms with E-state index in [-0.39, 0.29) is 0 Å². The maximum Gasteiger partial charge on any atom is 0.0234 e. The minimum absolute atomic E-state index is 1.10. The first-order chi connectivity index (χ1) is 8.31. The van der Waals surface area contributed by atoms with E-state index in [1.807, 2.05) is 0 Å². The number of piperazine rings is 1. The van der Waals surface area contributed by atoms with E-state index in [4.69, 9.17) is 0 Å². The lowest BCUT2D eigenvalue weighted by atomic mass is 10.2. The predicted molar refractivity (Wildman–Crippen MR) is 75.6 cm³/mol. The summed E-state index contributed by atoms with van der Waals surface area (Å²) in [5.74, 6) is 0. The van der Waals surface area contributed by atoms with Gasteiger partial charge in [0, 0.05) is 37.6 Å². The molecular weight excluding hydrogens is 228 g/mol. The Hall–Kier alpha value is -0.510. The summed E-state index contributed by atoms with van der Waals surface area (Å²) in [5.41, 5.74) is 1.44. The SMILES string of the molecule is CCN1CCN(Cc2ccc(SC)cc2)CC1. The van der Waals surface area contributed by atoms with E-state index in [2.05, 4.69) is 47.2 Å². The fourth-order valence-electron chi connectivity index (χ4n) is 2.25. The summed E-state index contributed by atoms with van der Waals surface area (Å²) >= 11 is 1.81. The van der Waals surface area contributed by atoms with Crippen LogP contribution in [0.4, 0.5) is 0 Å². The highest BCUT2D eigenvalue weighted by Gasteiger charge is 2.15. The van der Waals surface area contributed by atoms with Gasteiger partial charge < -0.3 is 4.90 Å². The number of hydrogen-bond donors (Lipinski definition) is 0. The van der Waals surface area contributed by atoms with Gasteiger partial charge in [-0.25, -0.2) is 0 Å². The van der Waals surface area contributed by atoms with Crippen LogP contribution in [0.15, 0.2) is 29.2 Å². The van der Waals surface area contributed by atoms with Crippen molar-refractivity contribution in [3.05, 3.63) is 29.8 Å². The van der Waals surface area contributed by atoms with Crippen molar-refractivity contribution in [3.8, 4) is 0 Å². The second-order valence-electron chi connectivity index (χ2n) is 4.56. The van der Waals surface area contributed by atoms with Gasteiger partial charge in [-0.05, 0) is 30.5 Å². The van der Waals surface area contributed by atoms with Crippen LogP contribution in [0, 0.1) is 0 Å². The Balaban J connectivity index is 1.84. The number of rotatable bonds is 4. The summed E-state index contributed by atoms with van der Waals surface area (Å²) < 4.78 is 0. The predicted octanol–water partition coefficient (Wildman–Crippen LogP) is 2.55. The largest absolute Gasteiger partial charge is 0.301 e. The first-order valence-corrected chi connectivity index (χ1v) is 7.62. The second kappa shape index (κ2) is 6.43. The van der Waals surface area contributed by atoms with Gasteiger partial charge in [-0.15, -0.1) is 11.8 Å². The van der Waals surface area contributed by atoms with Gasteiger partial charge in [0.1, 0.15) is 0 Å². The smallest absolute Gasteiger partial charge is 0.0234 e. The van der Waals surface area contributed by atoms with Crippen molar-refractivity contribution >= 4 is 11.8 Å². The van der Waals surface area contributed by atoms with Crippen molar-refractivity contribution in [3.63, 3.8) is 0 Å². The Labute approximate surface area is 109 Å². The van der Waals surface area contributed by atoms with E-state index in [9.17, 15) is 0 Å². The van der Waals surface area contributed by atoms with Gasteiger partial charge in [0.05, 0.1) is 0 Å². The van der Waals surface area contributed by atoms with Crippen LogP contribution < -0.4 is 0 Å². The Morgan fingerprint density at radius 3 is 2.12 bits per heavy atom. The number of thioether (sulfide) groups is 1. The third kappa shape index (κ3) is 3.73. The molecule has 3 heteroatoms. The highest BCUT2D eigenvalue weighted by molar-refractivity contribution is 7.98. The zero-order valence-electron chi connectivity index (χ0n) is 10.9. The average Bonchev–Trinajstić information content (AvgIpc) is 2.40. The number of benzene rings is 1. The molecule has 2 rings (SSSR count). The molecule has 17 heavy (non-hydrogen) atoms. The zero-order valence-corrected chi connectivity index (χ0v) is 11.7. The zero-order chi connectivity index (χ0) is 12.1. The fraction of sp³-hybridized carbons (Fsp3) is 0.571. The van der Waals surface area contributed by atoms with Crippen LogP contribution in [-0.4, -0.2) is 48.8 Å². The van der Waals surface area contributed by atoms with Crippen LogP contribution in [0.3, 0.4) is 0 Å². The first kappa shape index (κ1) is 12.9. The molecule has 2 nitrogen and oxygen atoms in total. The van der Waals surface area contributed by atoms with Crippen LogP contribution in [0.2, 0.25) is 0 Å². The molecule has 1 aromatic rings. The molecule has 1 fully saturated rings. The van der Waals surface area contributed by atoms with Crippen molar-refractivity contribution in [2.75, 3.05) is 39.0 Å². The van der Waals surface area contributed by atoms with Gasteiger partial charge in [0.15, 0.2) is 0 Å². The summed E-state index contributed by atoms with van der Waals surface area (Å²) in [5, 5.41) is 0. The molecule has 0 bridgehead atoms. The Morgan fingerprint density at radius 2 is 1.59 bits per heavy atom. The molecule has 0 N–H and O–H groups in total. The Morgan fingerprint density at radius 1 is 1.00 bits per heavy atom. The highest BCUT2D eigenvalue weighted by Crippen LogP contribution is 2.16. The second-order valence-corrected chi connectivity index (χ2v) is 5.44. The molecule has 0 spiro atoms.